The zero-order valence-corrected chi connectivity index (χ0v) is 13.8. The Bertz CT molecular complexity index is 808. The lowest BCUT2D eigenvalue weighted by Gasteiger charge is -2.20. The summed E-state index contributed by atoms with van der Waals surface area (Å²) in [4.78, 5) is 12.8. The van der Waals surface area contributed by atoms with Gasteiger partial charge in [0.2, 0.25) is 0 Å². The van der Waals surface area contributed by atoms with Crippen LogP contribution in [0, 0.1) is 0 Å². The molecule has 0 aromatic heterocycles. The second-order valence-corrected chi connectivity index (χ2v) is 5.58. The van der Waals surface area contributed by atoms with Crippen LogP contribution >= 0.6 is 0 Å². The molecule has 3 rings (SSSR count). The second-order valence-electron chi connectivity index (χ2n) is 5.58. The lowest BCUT2D eigenvalue weighted by molar-refractivity contribution is 0.0939. The van der Waals surface area contributed by atoms with Gasteiger partial charge in [-0.25, -0.2) is 0 Å². The van der Waals surface area contributed by atoms with Gasteiger partial charge in [0.25, 0.3) is 5.91 Å². The first-order valence-electron chi connectivity index (χ1n) is 7.97. The number of phenols is 1. The molecule has 0 aliphatic heterocycles. The average Bonchev–Trinajstić information content (AvgIpc) is 2.67. The predicted octanol–water partition coefficient (Wildman–Crippen LogP) is 3.92. The third kappa shape index (κ3) is 3.63. The van der Waals surface area contributed by atoms with Gasteiger partial charge in [0.1, 0.15) is 0 Å². The highest BCUT2D eigenvalue weighted by atomic mass is 16.5. The minimum Gasteiger partial charge on any atom is -0.504 e. The summed E-state index contributed by atoms with van der Waals surface area (Å²) < 4.78 is 5.08. The number of aromatic hydroxyl groups is 1. The quantitative estimate of drug-likeness (QED) is 0.744. The molecule has 1 amide bonds. The van der Waals surface area contributed by atoms with Gasteiger partial charge in [-0.05, 0) is 23.3 Å². The van der Waals surface area contributed by atoms with Gasteiger partial charge in [-0.2, -0.15) is 0 Å². The zero-order valence-electron chi connectivity index (χ0n) is 13.8. The molecule has 3 aromatic carbocycles. The minimum absolute atomic E-state index is 0.164. The van der Waals surface area contributed by atoms with Crippen LogP contribution in [0.4, 0.5) is 0 Å². The molecule has 126 valence electrons. The number of amides is 1. The van der Waals surface area contributed by atoms with Gasteiger partial charge in [0.15, 0.2) is 11.5 Å². The van der Waals surface area contributed by atoms with Gasteiger partial charge >= 0.3 is 0 Å². The Balaban J connectivity index is 1.95. The van der Waals surface area contributed by atoms with Crippen LogP contribution in [0.15, 0.2) is 78.9 Å². The highest BCUT2D eigenvalue weighted by Crippen LogP contribution is 2.30. The van der Waals surface area contributed by atoms with Crippen LogP contribution in [0.25, 0.3) is 0 Å². The molecule has 0 fully saturated rings. The second kappa shape index (κ2) is 7.53. The van der Waals surface area contributed by atoms with Crippen molar-refractivity contribution in [2.75, 3.05) is 7.11 Å². The largest absolute Gasteiger partial charge is 0.504 e. The molecule has 2 N–H and O–H groups in total. The maximum atomic E-state index is 12.8. The van der Waals surface area contributed by atoms with Crippen molar-refractivity contribution in [2.24, 2.45) is 0 Å². The number of ether oxygens (including phenoxy) is 1. The van der Waals surface area contributed by atoms with Crippen LogP contribution in [-0.2, 0) is 0 Å². The molecule has 0 bridgehead atoms. The van der Waals surface area contributed by atoms with E-state index in [-0.39, 0.29) is 29.0 Å². The number of nitrogens with one attached hydrogen (secondary N) is 1. The molecule has 4 nitrogen and oxygen atoms in total. The number of hydrogen-bond acceptors (Lipinski definition) is 3. The van der Waals surface area contributed by atoms with Crippen molar-refractivity contribution in [3.63, 3.8) is 0 Å². The first kappa shape index (κ1) is 16.6. The van der Waals surface area contributed by atoms with E-state index >= 15 is 0 Å². The van der Waals surface area contributed by atoms with Crippen LogP contribution in [0.3, 0.4) is 0 Å². The number of methoxy groups -OCH3 is 1. The zero-order chi connectivity index (χ0) is 17.6. The Morgan fingerprint density at radius 3 is 1.96 bits per heavy atom. The molecule has 0 heterocycles. The lowest BCUT2D eigenvalue weighted by atomic mass is 9.98. The smallest absolute Gasteiger partial charge is 0.255 e. The van der Waals surface area contributed by atoms with Gasteiger partial charge in [0, 0.05) is 0 Å². The molecule has 4 heteroatoms. The Labute approximate surface area is 146 Å². The monoisotopic (exact) mass is 333 g/mol. The number of hydrogen-bond donors (Lipinski definition) is 2. The third-order valence-electron chi connectivity index (χ3n) is 4.00. The standard InChI is InChI=1S/C21H19NO3/c1-25-18-14-8-13-17(20(18)23)21(24)22-19(15-9-4-2-5-10-15)16-11-6-3-7-12-16/h2-14,19,23H,1H3,(H,22,24). The number of benzene rings is 3. The number of phenolic OH excluding ortho intramolecular Hbond substituents is 1. The molecule has 0 radical (unpaired) electrons. The third-order valence-corrected chi connectivity index (χ3v) is 4.00. The summed E-state index contributed by atoms with van der Waals surface area (Å²) in [5, 5.41) is 13.2. The summed E-state index contributed by atoms with van der Waals surface area (Å²) in [5.74, 6) is -0.264. The van der Waals surface area contributed by atoms with Crippen molar-refractivity contribution in [3.05, 3.63) is 95.6 Å². The van der Waals surface area contributed by atoms with E-state index in [9.17, 15) is 9.90 Å². The van der Waals surface area contributed by atoms with Crippen LogP contribution < -0.4 is 10.1 Å². The molecule has 0 atom stereocenters. The van der Waals surface area contributed by atoms with Crippen molar-refractivity contribution >= 4 is 5.91 Å². The normalized spacial score (nSPS) is 10.5. The van der Waals surface area contributed by atoms with Crippen LogP contribution in [0.1, 0.15) is 27.5 Å². The molecule has 0 saturated heterocycles. The van der Waals surface area contributed by atoms with E-state index in [1.807, 2.05) is 60.7 Å². The minimum atomic E-state index is -0.367. The first-order valence-corrected chi connectivity index (χ1v) is 7.97. The van der Waals surface area contributed by atoms with Crippen molar-refractivity contribution in [3.8, 4) is 11.5 Å². The van der Waals surface area contributed by atoms with Crippen molar-refractivity contribution in [2.45, 2.75) is 6.04 Å². The van der Waals surface area contributed by atoms with Gasteiger partial charge in [-0.3, -0.25) is 4.79 Å². The summed E-state index contributed by atoms with van der Waals surface area (Å²) in [6, 6.07) is 24.0. The fourth-order valence-electron chi connectivity index (χ4n) is 2.73. The molecule has 0 aliphatic rings. The molecular weight excluding hydrogens is 314 g/mol. The Morgan fingerprint density at radius 1 is 0.880 bits per heavy atom. The van der Waals surface area contributed by atoms with Gasteiger partial charge < -0.3 is 15.2 Å². The summed E-state index contributed by atoms with van der Waals surface area (Å²) in [6.45, 7) is 0. The maximum Gasteiger partial charge on any atom is 0.255 e. The number of carbonyl (C=O) groups is 1. The van der Waals surface area contributed by atoms with Crippen molar-refractivity contribution < 1.29 is 14.6 Å². The topological polar surface area (TPSA) is 58.6 Å². The van der Waals surface area contributed by atoms with E-state index in [2.05, 4.69) is 5.32 Å². The Hall–Kier alpha value is -3.27. The van der Waals surface area contributed by atoms with Crippen LogP contribution in [-0.4, -0.2) is 18.1 Å². The number of carbonyl (C=O) groups excluding carboxylic acids is 1. The summed E-state index contributed by atoms with van der Waals surface area (Å²) in [6.07, 6.45) is 0. The van der Waals surface area contributed by atoms with E-state index in [1.54, 1.807) is 18.2 Å². The highest BCUT2D eigenvalue weighted by molar-refractivity contribution is 5.98. The maximum absolute atomic E-state index is 12.8. The van der Waals surface area contributed by atoms with Crippen LogP contribution in [0.5, 0.6) is 11.5 Å². The number of para-hydroxylation sites is 1. The molecular formula is C21H19NO3. The summed E-state index contributed by atoms with van der Waals surface area (Å²) in [5.41, 5.74) is 2.10. The lowest BCUT2D eigenvalue weighted by Crippen LogP contribution is -2.29. The van der Waals surface area contributed by atoms with Crippen molar-refractivity contribution in [1.29, 1.82) is 0 Å². The molecule has 3 aromatic rings. The molecule has 0 spiro atoms. The fraction of sp³-hybridized carbons (Fsp3) is 0.0952. The van der Waals surface area contributed by atoms with E-state index in [0.29, 0.717) is 0 Å². The average molecular weight is 333 g/mol. The van der Waals surface area contributed by atoms with E-state index in [0.717, 1.165) is 11.1 Å². The van der Waals surface area contributed by atoms with Gasteiger partial charge in [-0.1, -0.05) is 66.7 Å². The van der Waals surface area contributed by atoms with Crippen molar-refractivity contribution in [1.82, 2.24) is 5.32 Å². The summed E-state index contributed by atoms with van der Waals surface area (Å²) in [7, 11) is 1.45. The molecule has 0 aliphatic carbocycles. The van der Waals surface area contributed by atoms with E-state index in [4.69, 9.17) is 4.74 Å². The van der Waals surface area contributed by atoms with Gasteiger partial charge in [0.05, 0.1) is 18.7 Å². The molecule has 0 saturated carbocycles. The molecule has 0 unspecified atom stereocenters. The van der Waals surface area contributed by atoms with Gasteiger partial charge in [-0.15, -0.1) is 0 Å². The van der Waals surface area contributed by atoms with Crippen LogP contribution in [0.2, 0.25) is 0 Å². The first-order chi connectivity index (χ1) is 12.2. The summed E-state index contributed by atoms with van der Waals surface area (Å²) >= 11 is 0. The van der Waals surface area contributed by atoms with E-state index in [1.165, 1.54) is 7.11 Å². The predicted molar refractivity (Wildman–Crippen MR) is 96.9 cm³/mol. The Morgan fingerprint density at radius 2 is 1.44 bits per heavy atom. The molecule has 25 heavy (non-hydrogen) atoms. The Kier molecular flexibility index (Phi) is 5.00. The number of rotatable bonds is 5. The highest BCUT2D eigenvalue weighted by Gasteiger charge is 2.20. The SMILES string of the molecule is COc1cccc(C(=O)NC(c2ccccc2)c2ccccc2)c1O. The fourth-order valence-corrected chi connectivity index (χ4v) is 2.73. The van der Waals surface area contributed by atoms with E-state index < -0.39 is 0 Å².